The summed E-state index contributed by atoms with van der Waals surface area (Å²) in [5, 5.41) is 18.2. The molecule has 0 spiro atoms. The molecule has 0 saturated carbocycles. The predicted molar refractivity (Wildman–Crippen MR) is 65.1 cm³/mol. The van der Waals surface area contributed by atoms with Crippen LogP contribution in [0.15, 0.2) is 23.5 Å². The van der Waals surface area contributed by atoms with Crippen LogP contribution < -0.4 is 0 Å². The Labute approximate surface area is 106 Å². The van der Waals surface area contributed by atoms with Crippen molar-refractivity contribution in [2.75, 3.05) is 26.6 Å². The van der Waals surface area contributed by atoms with E-state index in [1.807, 2.05) is 0 Å². The number of likely N-dealkylation sites (N-methyl/N-ethyl adjacent to an activating group) is 2. The maximum absolute atomic E-state index is 11.9. The minimum atomic E-state index is -0.340. The molecule has 0 bridgehead atoms. The summed E-state index contributed by atoms with van der Waals surface area (Å²) in [7, 11) is 0. The van der Waals surface area contributed by atoms with E-state index in [1.54, 1.807) is 13.8 Å². The molecule has 1 aliphatic carbocycles. The van der Waals surface area contributed by atoms with Crippen LogP contribution >= 0.6 is 0 Å². The first kappa shape index (κ1) is 14.4. The molecule has 18 heavy (non-hydrogen) atoms. The van der Waals surface area contributed by atoms with Crippen LogP contribution in [-0.4, -0.2) is 58.1 Å². The van der Waals surface area contributed by atoms with Gasteiger partial charge in [-0.15, -0.1) is 0 Å². The van der Waals surface area contributed by atoms with Crippen LogP contribution in [0, 0.1) is 0 Å². The van der Waals surface area contributed by atoms with Crippen molar-refractivity contribution in [3.63, 3.8) is 0 Å². The van der Waals surface area contributed by atoms with Crippen molar-refractivity contribution < 1.29 is 19.8 Å². The van der Waals surface area contributed by atoms with Gasteiger partial charge >= 0.3 is 0 Å². The monoisotopic (exact) mass is 254 g/mol. The maximum Gasteiger partial charge on any atom is 0.204 e. The summed E-state index contributed by atoms with van der Waals surface area (Å²) in [4.78, 5) is 26.6. The number of aliphatic hydroxyl groups is 2. The van der Waals surface area contributed by atoms with E-state index in [4.69, 9.17) is 10.2 Å². The quantitative estimate of drug-likeness (QED) is 0.489. The molecule has 0 radical (unpaired) electrons. The molecule has 0 fully saturated rings. The number of aliphatic hydroxyl groups excluding tert-OH is 2. The molecule has 1 aliphatic rings. The zero-order valence-corrected chi connectivity index (χ0v) is 10.6. The highest BCUT2D eigenvalue weighted by atomic mass is 16.3. The molecular formula is C12H18N2O4. The van der Waals surface area contributed by atoms with E-state index in [1.165, 1.54) is 22.0 Å². The molecule has 1 rings (SSSR count). The largest absolute Gasteiger partial charge is 0.376 e. The van der Waals surface area contributed by atoms with Gasteiger partial charge in [0.15, 0.2) is 0 Å². The Morgan fingerprint density at radius 3 is 1.44 bits per heavy atom. The fraction of sp³-hybridized carbons (Fsp3) is 0.500. The molecule has 6 nitrogen and oxygen atoms in total. The second-order valence-electron chi connectivity index (χ2n) is 3.78. The number of allylic oxidation sites excluding steroid dienone is 2. The molecular weight excluding hydrogens is 236 g/mol. The number of ketones is 2. The average molecular weight is 254 g/mol. The first-order valence-electron chi connectivity index (χ1n) is 5.82. The Hall–Kier alpha value is -1.66. The summed E-state index contributed by atoms with van der Waals surface area (Å²) in [6, 6.07) is 0. The summed E-state index contributed by atoms with van der Waals surface area (Å²) in [6.07, 6.45) is 2.41. The minimum Gasteiger partial charge on any atom is -0.376 e. The van der Waals surface area contributed by atoms with Crippen molar-refractivity contribution in [3.8, 4) is 0 Å². The van der Waals surface area contributed by atoms with Crippen LogP contribution in [0.25, 0.3) is 0 Å². The van der Waals surface area contributed by atoms with Crippen molar-refractivity contribution in [1.29, 1.82) is 0 Å². The van der Waals surface area contributed by atoms with Gasteiger partial charge in [0.2, 0.25) is 11.6 Å². The van der Waals surface area contributed by atoms with E-state index in [2.05, 4.69) is 0 Å². The van der Waals surface area contributed by atoms with E-state index < -0.39 is 0 Å². The van der Waals surface area contributed by atoms with Crippen LogP contribution in [0.4, 0.5) is 0 Å². The molecule has 2 N–H and O–H groups in total. The third-order valence-electron chi connectivity index (χ3n) is 2.83. The molecule has 6 heteroatoms. The van der Waals surface area contributed by atoms with Crippen LogP contribution in [0.2, 0.25) is 0 Å². The highest BCUT2D eigenvalue weighted by Gasteiger charge is 2.25. The summed E-state index contributed by atoms with van der Waals surface area (Å²) < 4.78 is 0. The van der Waals surface area contributed by atoms with Crippen LogP contribution in [0.5, 0.6) is 0 Å². The number of nitrogens with zero attached hydrogens (tertiary/aromatic N) is 2. The lowest BCUT2D eigenvalue weighted by atomic mass is 10.0. The van der Waals surface area contributed by atoms with Crippen LogP contribution in [0.3, 0.4) is 0 Å². The van der Waals surface area contributed by atoms with Crippen molar-refractivity contribution in [2.45, 2.75) is 13.8 Å². The third-order valence-corrected chi connectivity index (χ3v) is 2.83. The summed E-state index contributed by atoms with van der Waals surface area (Å²) in [5.74, 6) is -0.681. The highest BCUT2D eigenvalue weighted by molar-refractivity contribution is 6.19. The molecule has 0 atom stereocenters. The summed E-state index contributed by atoms with van der Waals surface area (Å²) >= 11 is 0. The smallest absolute Gasteiger partial charge is 0.204 e. The van der Waals surface area contributed by atoms with Gasteiger partial charge in [0.25, 0.3) is 0 Å². The number of carbonyl (C=O) groups is 2. The molecule has 0 aliphatic heterocycles. The van der Waals surface area contributed by atoms with Gasteiger partial charge in [-0.25, -0.2) is 0 Å². The Morgan fingerprint density at radius 2 is 1.22 bits per heavy atom. The van der Waals surface area contributed by atoms with Gasteiger partial charge in [-0.1, -0.05) is 0 Å². The van der Waals surface area contributed by atoms with Crippen molar-refractivity contribution in [2.24, 2.45) is 0 Å². The molecule has 0 aromatic carbocycles. The zero-order chi connectivity index (χ0) is 13.7. The normalized spacial score (nSPS) is 15.3. The van der Waals surface area contributed by atoms with Crippen LogP contribution in [-0.2, 0) is 9.59 Å². The van der Waals surface area contributed by atoms with E-state index >= 15 is 0 Å². The third kappa shape index (κ3) is 2.77. The first-order valence-corrected chi connectivity index (χ1v) is 5.82. The molecule has 0 unspecified atom stereocenters. The molecule has 0 aromatic heterocycles. The Bertz CT molecular complexity index is 355. The second-order valence-corrected chi connectivity index (χ2v) is 3.78. The number of hydrogen-bond donors (Lipinski definition) is 2. The van der Waals surface area contributed by atoms with Gasteiger partial charge < -0.3 is 20.0 Å². The molecule has 0 aromatic rings. The number of carbonyl (C=O) groups excluding carboxylic acids is 2. The lowest BCUT2D eigenvalue weighted by Gasteiger charge is -2.27. The van der Waals surface area contributed by atoms with Gasteiger partial charge in [0, 0.05) is 25.2 Å². The lowest BCUT2D eigenvalue weighted by Crippen LogP contribution is -2.35. The van der Waals surface area contributed by atoms with E-state index in [0.29, 0.717) is 13.1 Å². The van der Waals surface area contributed by atoms with E-state index in [9.17, 15) is 9.59 Å². The van der Waals surface area contributed by atoms with Gasteiger partial charge in [-0.3, -0.25) is 9.59 Å². The number of rotatable bonds is 6. The molecule has 0 amide bonds. The second kappa shape index (κ2) is 6.32. The van der Waals surface area contributed by atoms with Gasteiger partial charge in [-0.05, 0) is 13.8 Å². The van der Waals surface area contributed by atoms with Gasteiger partial charge in [0.05, 0.1) is 11.4 Å². The SMILES string of the molecule is CCN(CO)C1=CC(=O)C(N(CC)CO)=CC1=O. The average Bonchev–Trinajstić information content (AvgIpc) is 2.37. The fourth-order valence-corrected chi connectivity index (χ4v) is 1.73. The standard InChI is InChI=1S/C12H18N2O4/c1-3-13(7-15)9-5-12(18)10(6-11(9)17)14(4-2)8-16/h5-6,15-16H,3-4,7-8H2,1-2H3. The van der Waals surface area contributed by atoms with Crippen molar-refractivity contribution in [1.82, 2.24) is 9.80 Å². The first-order chi connectivity index (χ1) is 8.58. The summed E-state index contributed by atoms with van der Waals surface area (Å²) in [5.41, 5.74) is 0.366. The topological polar surface area (TPSA) is 81.1 Å². The predicted octanol–water partition coefficient (Wildman–Crippen LogP) is -0.551. The van der Waals surface area contributed by atoms with Gasteiger partial charge in [-0.2, -0.15) is 0 Å². The Kier molecular flexibility index (Phi) is 5.06. The Balaban J connectivity index is 3.00. The van der Waals surface area contributed by atoms with Gasteiger partial charge in [0.1, 0.15) is 13.5 Å². The van der Waals surface area contributed by atoms with E-state index in [0.717, 1.165) is 0 Å². The zero-order valence-electron chi connectivity index (χ0n) is 10.6. The highest BCUT2D eigenvalue weighted by Crippen LogP contribution is 2.17. The van der Waals surface area contributed by atoms with E-state index in [-0.39, 0.29) is 36.4 Å². The molecule has 0 saturated heterocycles. The molecule has 100 valence electrons. The summed E-state index contributed by atoms with van der Waals surface area (Å²) in [6.45, 7) is 3.79. The molecule has 0 heterocycles. The van der Waals surface area contributed by atoms with Crippen LogP contribution in [0.1, 0.15) is 13.8 Å². The lowest BCUT2D eigenvalue weighted by molar-refractivity contribution is -0.118. The Morgan fingerprint density at radius 1 is 0.889 bits per heavy atom. The number of hydrogen-bond acceptors (Lipinski definition) is 6. The van der Waals surface area contributed by atoms with Crippen molar-refractivity contribution >= 4 is 11.6 Å². The fourth-order valence-electron chi connectivity index (χ4n) is 1.73. The van der Waals surface area contributed by atoms with Crippen molar-refractivity contribution in [3.05, 3.63) is 23.5 Å². The maximum atomic E-state index is 11.9. The minimum absolute atomic E-state index is 0.183.